The quantitative estimate of drug-likeness (QED) is 0.655. The van der Waals surface area contributed by atoms with Gasteiger partial charge < -0.3 is 11.1 Å². The molecule has 0 saturated carbocycles. The Morgan fingerprint density at radius 1 is 1.05 bits per heavy atom. The second-order valence-corrected chi connectivity index (χ2v) is 5.85. The van der Waals surface area contributed by atoms with Crippen molar-refractivity contribution in [1.29, 1.82) is 0 Å². The van der Waals surface area contributed by atoms with Gasteiger partial charge >= 0.3 is 0 Å². The van der Waals surface area contributed by atoms with E-state index in [1.54, 1.807) is 49.7 Å². The van der Waals surface area contributed by atoms with Crippen LogP contribution in [-0.4, -0.2) is 25.0 Å². The van der Waals surface area contributed by atoms with Gasteiger partial charge in [-0.3, -0.25) is 9.59 Å². The monoisotopic (exact) mass is 314 g/mol. The minimum Gasteiger partial charge on any atom is -0.357 e. The fourth-order valence-corrected chi connectivity index (χ4v) is 2.83. The predicted molar refractivity (Wildman–Crippen MR) is 89.8 cm³/mol. The van der Waals surface area contributed by atoms with E-state index in [-0.39, 0.29) is 11.7 Å². The van der Waals surface area contributed by atoms with E-state index >= 15 is 0 Å². The number of hydrogen-bond donors (Lipinski definition) is 2. The minimum atomic E-state index is -1.22. The average molecular weight is 314 g/mol. The fraction of sp³-hybridized carbons (Fsp3) is 0.176. The summed E-state index contributed by atoms with van der Waals surface area (Å²) in [5, 5.41) is 2.57. The Hall–Kier alpha value is -2.11. The summed E-state index contributed by atoms with van der Waals surface area (Å²) in [5.41, 5.74) is 7.93. The van der Waals surface area contributed by atoms with Gasteiger partial charge in [0, 0.05) is 18.2 Å². The zero-order chi connectivity index (χ0) is 16.2. The Bertz CT molecular complexity index is 688. The molecular formula is C17H18N2O2S. The summed E-state index contributed by atoms with van der Waals surface area (Å²) in [4.78, 5) is 23.4. The molecule has 1 atom stereocenters. The number of carbonyl (C=O) groups excluding carboxylic acids is 2. The number of rotatable bonds is 5. The molecular weight excluding hydrogens is 296 g/mol. The van der Waals surface area contributed by atoms with E-state index in [9.17, 15) is 9.59 Å². The predicted octanol–water partition coefficient (Wildman–Crippen LogP) is 2.14. The molecule has 4 nitrogen and oxygen atoms in total. The van der Waals surface area contributed by atoms with E-state index in [2.05, 4.69) is 5.32 Å². The van der Waals surface area contributed by atoms with Crippen molar-refractivity contribution < 1.29 is 9.59 Å². The molecule has 0 spiro atoms. The van der Waals surface area contributed by atoms with E-state index in [0.29, 0.717) is 16.7 Å². The average Bonchev–Trinajstić information content (AvgIpc) is 2.60. The summed E-state index contributed by atoms with van der Waals surface area (Å²) >= 11 is 1.23. The van der Waals surface area contributed by atoms with Gasteiger partial charge in [-0.15, -0.1) is 11.8 Å². The standard InChI is InChI=1S/C17H18N2O2S/c1-19-16(21)17(18,22-2)14-10-6-9-13(11-14)15(20)12-7-4-3-5-8-12/h3-11H,18H2,1-2H3,(H,19,21). The van der Waals surface area contributed by atoms with E-state index in [1.165, 1.54) is 11.8 Å². The van der Waals surface area contributed by atoms with Gasteiger partial charge in [-0.2, -0.15) is 0 Å². The largest absolute Gasteiger partial charge is 0.357 e. The lowest BCUT2D eigenvalue weighted by atomic mass is 9.98. The maximum Gasteiger partial charge on any atom is 0.254 e. The number of amides is 1. The molecule has 2 rings (SSSR count). The zero-order valence-corrected chi connectivity index (χ0v) is 13.3. The number of benzene rings is 2. The molecule has 5 heteroatoms. The third kappa shape index (κ3) is 3.05. The first kappa shape index (κ1) is 16.3. The summed E-state index contributed by atoms with van der Waals surface area (Å²) in [6, 6.07) is 15.9. The zero-order valence-electron chi connectivity index (χ0n) is 12.5. The lowest BCUT2D eigenvalue weighted by molar-refractivity contribution is -0.123. The van der Waals surface area contributed by atoms with Gasteiger partial charge in [-0.25, -0.2) is 0 Å². The maximum absolute atomic E-state index is 12.5. The number of nitrogens with two attached hydrogens (primary N) is 1. The fourth-order valence-electron chi connectivity index (χ4n) is 2.17. The minimum absolute atomic E-state index is 0.0946. The highest BCUT2D eigenvalue weighted by molar-refractivity contribution is 8.00. The first-order valence-corrected chi connectivity index (χ1v) is 8.02. The Labute approximate surface area is 134 Å². The number of nitrogens with one attached hydrogen (secondary N) is 1. The lowest BCUT2D eigenvalue weighted by Crippen LogP contribution is -2.47. The molecule has 3 N–H and O–H groups in total. The molecule has 0 fully saturated rings. The first-order chi connectivity index (χ1) is 10.5. The summed E-state index contributed by atoms with van der Waals surface area (Å²) in [7, 11) is 1.54. The molecule has 0 aliphatic carbocycles. The van der Waals surface area contributed by atoms with Crippen LogP contribution in [0.4, 0.5) is 0 Å². The topological polar surface area (TPSA) is 72.2 Å². The third-order valence-electron chi connectivity index (χ3n) is 3.48. The van der Waals surface area contributed by atoms with Crippen molar-refractivity contribution in [2.75, 3.05) is 13.3 Å². The molecule has 0 aliphatic rings. The Morgan fingerprint density at radius 3 is 2.27 bits per heavy atom. The molecule has 22 heavy (non-hydrogen) atoms. The SMILES string of the molecule is CNC(=O)C(N)(SC)c1cccc(C(=O)c2ccccc2)c1. The lowest BCUT2D eigenvalue weighted by Gasteiger charge is -2.26. The van der Waals surface area contributed by atoms with Crippen LogP contribution in [0.15, 0.2) is 54.6 Å². The Balaban J connectivity index is 2.42. The summed E-state index contributed by atoms with van der Waals surface area (Å²) in [6.45, 7) is 0. The van der Waals surface area contributed by atoms with Crippen LogP contribution >= 0.6 is 11.8 Å². The number of thioether (sulfide) groups is 1. The molecule has 2 aromatic rings. The van der Waals surface area contributed by atoms with E-state index in [4.69, 9.17) is 5.73 Å². The molecule has 0 radical (unpaired) electrons. The number of carbonyl (C=O) groups is 2. The van der Waals surface area contributed by atoms with E-state index in [1.807, 2.05) is 18.2 Å². The Morgan fingerprint density at radius 2 is 1.68 bits per heavy atom. The normalized spacial score (nSPS) is 13.2. The van der Waals surface area contributed by atoms with Crippen molar-refractivity contribution in [2.45, 2.75) is 4.87 Å². The van der Waals surface area contributed by atoms with Crippen LogP contribution in [0.3, 0.4) is 0 Å². The van der Waals surface area contributed by atoms with Crippen LogP contribution in [0.1, 0.15) is 21.5 Å². The van der Waals surface area contributed by atoms with Crippen LogP contribution < -0.4 is 11.1 Å². The smallest absolute Gasteiger partial charge is 0.254 e. The second-order valence-electron chi connectivity index (χ2n) is 4.79. The highest BCUT2D eigenvalue weighted by atomic mass is 32.2. The first-order valence-electron chi connectivity index (χ1n) is 6.79. The van der Waals surface area contributed by atoms with Crippen molar-refractivity contribution in [1.82, 2.24) is 5.32 Å². The molecule has 0 saturated heterocycles. The molecule has 114 valence electrons. The third-order valence-corrected chi connectivity index (χ3v) is 4.54. The van der Waals surface area contributed by atoms with Crippen LogP contribution in [0, 0.1) is 0 Å². The van der Waals surface area contributed by atoms with Crippen molar-refractivity contribution in [2.24, 2.45) is 5.73 Å². The number of likely N-dealkylation sites (N-methyl/N-ethyl adjacent to an activating group) is 1. The van der Waals surface area contributed by atoms with Crippen molar-refractivity contribution in [3.8, 4) is 0 Å². The molecule has 1 unspecified atom stereocenters. The summed E-state index contributed by atoms with van der Waals surface area (Å²) in [6.07, 6.45) is 1.76. The molecule has 1 amide bonds. The molecule has 0 aliphatic heterocycles. The molecule has 0 heterocycles. The van der Waals surface area contributed by atoms with Crippen LogP contribution in [0.2, 0.25) is 0 Å². The highest BCUT2D eigenvalue weighted by Gasteiger charge is 2.34. The number of ketones is 1. The highest BCUT2D eigenvalue weighted by Crippen LogP contribution is 2.30. The van der Waals surface area contributed by atoms with Crippen molar-refractivity contribution in [3.05, 3.63) is 71.3 Å². The van der Waals surface area contributed by atoms with Gasteiger partial charge in [0.1, 0.15) is 0 Å². The van der Waals surface area contributed by atoms with Gasteiger partial charge in [0.2, 0.25) is 0 Å². The molecule has 0 aromatic heterocycles. The number of hydrogen-bond acceptors (Lipinski definition) is 4. The van der Waals surface area contributed by atoms with Crippen LogP contribution in [0.5, 0.6) is 0 Å². The molecule has 0 bridgehead atoms. The van der Waals surface area contributed by atoms with Gasteiger partial charge in [-0.05, 0) is 17.9 Å². The van der Waals surface area contributed by atoms with Crippen molar-refractivity contribution in [3.63, 3.8) is 0 Å². The summed E-state index contributed by atoms with van der Waals surface area (Å²) < 4.78 is 0. The maximum atomic E-state index is 12.5. The van der Waals surface area contributed by atoms with Crippen LogP contribution in [-0.2, 0) is 9.67 Å². The van der Waals surface area contributed by atoms with Gasteiger partial charge in [0.15, 0.2) is 10.7 Å². The van der Waals surface area contributed by atoms with Crippen molar-refractivity contribution >= 4 is 23.5 Å². The summed E-state index contributed by atoms with van der Waals surface area (Å²) in [5.74, 6) is -0.396. The second kappa shape index (κ2) is 6.77. The van der Waals surface area contributed by atoms with E-state index < -0.39 is 4.87 Å². The van der Waals surface area contributed by atoms with E-state index in [0.717, 1.165) is 0 Å². The van der Waals surface area contributed by atoms with Gasteiger partial charge in [0.05, 0.1) is 0 Å². The van der Waals surface area contributed by atoms with Gasteiger partial charge in [-0.1, -0.05) is 48.5 Å². The Kier molecular flexibility index (Phi) is 5.00. The van der Waals surface area contributed by atoms with Gasteiger partial charge in [0.25, 0.3) is 5.91 Å². The molecule has 2 aromatic carbocycles. The van der Waals surface area contributed by atoms with Crippen LogP contribution in [0.25, 0.3) is 0 Å².